The summed E-state index contributed by atoms with van der Waals surface area (Å²) in [5.74, 6) is 0. The van der Waals surface area contributed by atoms with Crippen molar-refractivity contribution in [2.24, 2.45) is 5.73 Å². The van der Waals surface area contributed by atoms with E-state index in [4.69, 9.17) is 10.5 Å². The molecule has 1 atom stereocenters. The van der Waals surface area contributed by atoms with E-state index >= 15 is 0 Å². The van der Waals surface area contributed by atoms with Crippen LogP contribution in [0.15, 0.2) is 0 Å². The van der Waals surface area contributed by atoms with Crippen LogP contribution in [0.2, 0.25) is 0 Å². The van der Waals surface area contributed by atoms with E-state index in [0.29, 0.717) is 0 Å². The first kappa shape index (κ1) is 14.3. The van der Waals surface area contributed by atoms with Crippen molar-refractivity contribution in [2.45, 2.75) is 71.1 Å². The summed E-state index contributed by atoms with van der Waals surface area (Å²) in [6.45, 7) is 10.4. The maximum atomic E-state index is 12.1. The predicted octanol–water partition coefficient (Wildman–Crippen LogP) is 2.51. The molecule has 17 heavy (non-hydrogen) atoms. The van der Waals surface area contributed by atoms with Gasteiger partial charge in [0.25, 0.3) is 0 Å². The summed E-state index contributed by atoms with van der Waals surface area (Å²) in [5, 5.41) is 0. The molecule has 1 aliphatic heterocycles. The largest absolute Gasteiger partial charge is 0.444 e. The van der Waals surface area contributed by atoms with Crippen molar-refractivity contribution in [3.8, 4) is 0 Å². The van der Waals surface area contributed by atoms with Crippen LogP contribution in [-0.4, -0.2) is 34.7 Å². The standard InChI is InChI=1S/C13H26N2O2/c1-12(2,3)17-11(16)15-9-7-6-8-10(15)13(4,5)14/h10H,6-9,14H2,1-5H3/t10-/m1/s1. The van der Waals surface area contributed by atoms with Crippen LogP contribution in [0.25, 0.3) is 0 Å². The fourth-order valence-electron chi connectivity index (χ4n) is 2.24. The Morgan fingerprint density at radius 3 is 2.29 bits per heavy atom. The average Bonchev–Trinajstić information content (AvgIpc) is 2.13. The molecule has 1 aliphatic rings. The van der Waals surface area contributed by atoms with Gasteiger partial charge >= 0.3 is 6.09 Å². The number of rotatable bonds is 1. The number of hydrogen-bond acceptors (Lipinski definition) is 3. The predicted molar refractivity (Wildman–Crippen MR) is 68.8 cm³/mol. The summed E-state index contributed by atoms with van der Waals surface area (Å²) in [7, 11) is 0. The van der Waals surface area contributed by atoms with Gasteiger partial charge in [0.15, 0.2) is 0 Å². The van der Waals surface area contributed by atoms with E-state index in [2.05, 4.69) is 0 Å². The Kier molecular flexibility index (Phi) is 4.07. The highest BCUT2D eigenvalue weighted by atomic mass is 16.6. The number of nitrogens with two attached hydrogens (primary N) is 1. The Hall–Kier alpha value is -0.770. The molecule has 0 aromatic rings. The first-order valence-corrected chi connectivity index (χ1v) is 6.40. The SMILES string of the molecule is CC(C)(C)OC(=O)N1CCCC[C@@H]1C(C)(C)N. The minimum atomic E-state index is -0.447. The second-order valence-corrected chi connectivity index (χ2v) is 6.51. The molecule has 0 bridgehead atoms. The lowest BCUT2D eigenvalue weighted by atomic mass is 9.87. The zero-order chi connectivity index (χ0) is 13.3. The van der Waals surface area contributed by atoms with Gasteiger partial charge in [0.05, 0.1) is 6.04 Å². The Bertz CT molecular complexity index is 276. The van der Waals surface area contributed by atoms with E-state index in [9.17, 15) is 4.79 Å². The summed E-state index contributed by atoms with van der Waals surface area (Å²) >= 11 is 0. The fraction of sp³-hybridized carbons (Fsp3) is 0.923. The topological polar surface area (TPSA) is 55.6 Å². The maximum Gasteiger partial charge on any atom is 0.410 e. The van der Waals surface area contributed by atoms with Gasteiger partial charge in [0.1, 0.15) is 5.60 Å². The molecular weight excluding hydrogens is 216 g/mol. The van der Waals surface area contributed by atoms with Crippen LogP contribution < -0.4 is 5.73 Å². The fourth-order valence-corrected chi connectivity index (χ4v) is 2.24. The number of nitrogens with zero attached hydrogens (tertiary/aromatic N) is 1. The molecule has 1 rings (SSSR count). The van der Waals surface area contributed by atoms with Gasteiger partial charge < -0.3 is 15.4 Å². The van der Waals surface area contributed by atoms with Crippen molar-refractivity contribution < 1.29 is 9.53 Å². The lowest BCUT2D eigenvalue weighted by Gasteiger charge is -2.43. The molecule has 0 radical (unpaired) electrons. The Balaban J connectivity index is 2.75. The highest BCUT2D eigenvalue weighted by Gasteiger charge is 2.37. The van der Waals surface area contributed by atoms with Gasteiger partial charge in [0, 0.05) is 12.1 Å². The van der Waals surface area contributed by atoms with Gasteiger partial charge in [0.2, 0.25) is 0 Å². The van der Waals surface area contributed by atoms with Gasteiger partial charge in [-0.25, -0.2) is 4.79 Å². The van der Waals surface area contributed by atoms with E-state index in [1.807, 2.05) is 34.6 Å². The molecule has 4 heteroatoms. The minimum absolute atomic E-state index is 0.0751. The second kappa shape index (κ2) is 4.84. The van der Waals surface area contributed by atoms with Crippen LogP contribution in [-0.2, 0) is 4.74 Å². The number of amides is 1. The lowest BCUT2D eigenvalue weighted by Crippen LogP contribution is -2.59. The van der Waals surface area contributed by atoms with Crippen LogP contribution in [0, 0.1) is 0 Å². The van der Waals surface area contributed by atoms with Crippen molar-refractivity contribution in [1.82, 2.24) is 4.90 Å². The monoisotopic (exact) mass is 242 g/mol. The van der Waals surface area contributed by atoms with Crippen LogP contribution in [0.4, 0.5) is 4.79 Å². The third-order valence-corrected chi connectivity index (χ3v) is 2.99. The van der Waals surface area contributed by atoms with Crippen LogP contribution in [0.3, 0.4) is 0 Å². The summed E-state index contributed by atoms with van der Waals surface area (Å²) in [5.41, 5.74) is 5.33. The van der Waals surface area contributed by atoms with Crippen molar-refractivity contribution in [3.63, 3.8) is 0 Å². The van der Waals surface area contributed by atoms with Gasteiger partial charge in [-0.3, -0.25) is 0 Å². The third-order valence-electron chi connectivity index (χ3n) is 2.99. The lowest BCUT2D eigenvalue weighted by molar-refractivity contribution is 0.000787. The van der Waals surface area contributed by atoms with Crippen molar-refractivity contribution in [1.29, 1.82) is 0 Å². The van der Waals surface area contributed by atoms with E-state index in [1.165, 1.54) is 0 Å². The van der Waals surface area contributed by atoms with Gasteiger partial charge in [-0.15, -0.1) is 0 Å². The molecule has 1 heterocycles. The van der Waals surface area contributed by atoms with Crippen LogP contribution >= 0.6 is 0 Å². The number of likely N-dealkylation sites (tertiary alicyclic amines) is 1. The molecule has 0 aromatic carbocycles. The summed E-state index contributed by atoms with van der Waals surface area (Å²) < 4.78 is 5.43. The molecule has 4 nitrogen and oxygen atoms in total. The normalized spacial score (nSPS) is 22.5. The molecule has 1 fully saturated rings. The van der Waals surface area contributed by atoms with E-state index in [1.54, 1.807) is 4.90 Å². The Labute approximate surface area is 104 Å². The first-order valence-electron chi connectivity index (χ1n) is 6.40. The van der Waals surface area contributed by atoms with E-state index < -0.39 is 5.60 Å². The molecule has 100 valence electrons. The third kappa shape index (κ3) is 4.19. The van der Waals surface area contributed by atoms with Gasteiger partial charge in [-0.2, -0.15) is 0 Å². The molecule has 0 aliphatic carbocycles. The quantitative estimate of drug-likeness (QED) is 0.768. The smallest absolute Gasteiger partial charge is 0.410 e. The van der Waals surface area contributed by atoms with Crippen LogP contribution in [0.1, 0.15) is 53.9 Å². The van der Waals surface area contributed by atoms with Gasteiger partial charge in [-0.05, 0) is 53.9 Å². The number of piperidine rings is 1. The number of carbonyl (C=O) groups is 1. The highest BCUT2D eigenvalue weighted by molar-refractivity contribution is 5.69. The zero-order valence-corrected chi connectivity index (χ0v) is 11.7. The maximum absolute atomic E-state index is 12.1. The molecule has 0 saturated carbocycles. The van der Waals surface area contributed by atoms with E-state index in [0.717, 1.165) is 25.8 Å². The molecule has 0 unspecified atom stereocenters. The van der Waals surface area contributed by atoms with Crippen molar-refractivity contribution >= 4 is 6.09 Å². The van der Waals surface area contributed by atoms with Crippen LogP contribution in [0.5, 0.6) is 0 Å². The van der Waals surface area contributed by atoms with Crippen molar-refractivity contribution in [3.05, 3.63) is 0 Å². The van der Waals surface area contributed by atoms with Gasteiger partial charge in [-0.1, -0.05) is 0 Å². The highest BCUT2D eigenvalue weighted by Crippen LogP contribution is 2.26. The Morgan fingerprint density at radius 1 is 1.24 bits per heavy atom. The number of hydrogen-bond donors (Lipinski definition) is 1. The summed E-state index contributed by atoms with van der Waals surface area (Å²) in [6.07, 6.45) is 2.89. The number of ether oxygens (including phenoxy) is 1. The number of carbonyl (C=O) groups excluding carboxylic acids is 1. The molecular formula is C13H26N2O2. The Morgan fingerprint density at radius 2 is 1.82 bits per heavy atom. The summed E-state index contributed by atoms with van der Waals surface area (Å²) in [4.78, 5) is 13.9. The average molecular weight is 242 g/mol. The van der Waals surface area contributed by atoms with Crippen molar-refractivity contribution in [2.75, 3.05) is 6.54 Å². The summed E-state index contributed by atoms with van der Waals surface area (Å²) in [6, 6.07) is 0.0751. The van der Waals surface area contributed by atoms with E-state index in [-0.39, 0.29) is 17.7 Å². The molecule has 2 N–H and O–H groups in total. The molecule has 1 amide bonds. The minimum Gasteiger partial charge on any atom is -0.444 e. The molecule has 0 spiro atoms. The zero-order valence-electron chi connectivity index (χ0n) is 11.7. The first-order chi connectivity index (χ1) is 7.61. The molecule has 1 saturated heterocycles. The molecule has 0 aromatic heterocycles. The second-order valence-electron chi connectivity index (χ2n) is 6.51.